The maximum Gasteiger partial charge on any atom is 0.322 e. The number of aryl methyl sites for hydroxylation is 3. The van der Waals surface area contributed by atoms with Crippen molar-refractivity contribution in [2.24, 2.45) is 0 Å². The number of hydrogen-bond acceptors (Lipinski definition) is 2. The fourth-order valence-corrected chi connectivity index (χ4v) is 5.52. The first-order valence-corrected chi connectivity index (χ1v) is 13.5. The van der Waals surface area contributed by atoms with Gasteiger partial charge in [-0.1, -0.05) is 67.1 Å². The van der Waals surface area contributed by atoms with Crippen molar-refractivity contribution in [3.05, 3.63) is 130 Å². The van der Waals surface area contributed by atoms with Crippen LogP contribution in [0.15, 0.2) is 91.1 Å². The molecule has 0 bridgehead atoms. The van der Waals surface area contributed by atoms with E-state index in [1.54, 1.807) is 0 Å². The van der Waals surface area contributed by atoms with E-state index < -0.39 is 0 Å². The number of para-hydroxylation sites is 1. The van der Waals surface area contributed by atoms with Gasteiger partial charge in [-0.05, 0) is 74.2 Å². The van der Waals surface area contributed by atoms with Crippen LogP contribution in [0.25, 0.3) is 11.5 Å². The van der Waals surface area contributed by atoms with Crippen LogP contribution >= 0.6 is 0 Å². The van der Waals surface area contributed by atoms with E-state index in [9.17, 15) is 4.79 Å². The number of aromatic nitrogens is 3. The highest BCUT2D eigenvalue weighted by Crippen LogP contribution is 2.39. The molecule has 0 unspecified atom stereocenters. The molecule has 0 saturated carbocycles. The summed E-state index contributed by atoms with van der Waals surface area (Å²) in [5.41, 5.74) is 9.37. The minimum atomic E-state index is -0.285. The second-order valence-electron chi connectivity index (χ2n) is 10.3. The van der Waals surface area contributed by atoms with Gasteiger partial charge in [-0.25, -0.2) is 9.48 Å². The number of amides is 2. The summed E-state index contributed by atoms with van der Waals surface area (Å²) < 4.78 is 4.24. The average Bonchev–Trinajstić information content (AvgIpc) is 3.53. The molecule has 2 aromatic heterocycles. The number of hydrogen-bond donors (Lipinski definition) is 1. The van der Waals surface area contributed by atoms with Crippen LogP contribution < -0.4 is 5.32 Å². The number of urea groups is 1. The monoisotopic (exact) mass is 515 g/mol. The van der Waals surface area contributed by atoms with E-state index in [-0.39, 0.29) is 12.1 Å². The van der Waals surface area contributed by atoms with Gasteiger partial charge in [0.15, 0.2) is 0 Å². The van der Waals surface area contributed by atoms with E-state index in [0.717, 1.165) is 57.3 Å². The molecule has 0 radical (unpaired) electrons. The van der Waals surface area contributed by atoms with E-state index in [1.807, 2.05) is 46.8 Å². The largest absolute Gasteiger partial charge is 0.322 e. The molecule has 2 amide bonds. The highest BCUT2D eigenvalue weighted by molar-refractivity contribution is 5.91. The Labute approximate surface area is 229 Å². The fraction of sp³-hybridized carbons (Fsp3) is 0.212. The molecule has 39 heavy (non-hydrogen) atoms. The third kappa shape index (κ3) is 4.32. The summed E-state index contributed by atoms with van der Waals surface area (Å²) >= 11 is 0. The van der Waals surface area contributed by atoms with Crippen LogP contribution in [0.2, 0.25) is 0 Å². The van der Waals surface area contributed by atoms with Gasteiger partial charge in [0.2, 0.25) is 0 Å². The summed E-state index contributed by atoms with van der Waals surface area (Å²) in [5.74, 6) is 0.984. The Kier molecular flexibility index (Phi) is 6.31. The van der Waals surface area contributed by atoms with Gasteiger partial charge in [0.05, 0.1) is 29.7 Å². The fourth-order valence-electron chi connectivity index (χ4n) is 5.52. The lowest BCUT2D eigenvalue weighted by Gasteiger charge is -2.31. The summed E-state index contributed by atoms with van der Waals surface area (Å²) in [6.07, 6.45) is 2.85. The van der Waals surface area contributed by atoms with Gasteiger partial charge in [-0.2, -0.15) is 5.10 Å². The topological polar surface area (TPSA) is 55.1 Å². The lowest BCUT2D eigenvalue weighted by atomic mass is 10.0. The summed E-state index contributed by atoms with van der Waals surface area (Å²) in [5, 5.41) is 8.29. The van der Waals surface area contributed by atoms with Crippen LogP contribution in [0.4, 0.5) is 10.5 Å². The summed E-state index contributed by atoms with van der Waals surface area (Å²) in [4.78, 5) is 16.2. The number of carbonyl (C=O) groups is 1. The highest BCUT2D eigenvalue weighted by Gasteiger charge is 2.36. The first kappa shape index (κ1) is 24.7. The van der Waals surface area contributed by atoms with Crippen molar-refractivity contribution in [2.75, 3.05) is 5.32 Å². The normalized spacial score (nSPS) is 14.5. The maximum atomic E-state index is 14.2. The van der Waals surface area contributed by atoms with Crippen molar-refractivity contribution >= 4 is 11.7 Å². The SMILES string of the molecule is CCc1nn(-c2ccccc2)c2c1CN(C(=O)Nc1cccc(C)c1C)[C@H](c1ccc(C)cc1)c1cccn1-2. The molecule has 6 heteroatoms. The van der Waals surface area contributed by atoms with Crippen molar-refractivity contribution in [1.29, 1.82) is 0 Å². The predicted octanol–water partition coefficient (Wildman–Crippen LogP) is 7.29. The quantitative estimate of drug-likeness (QED) is 0.273. The number of benzene rings is 3. The zero-order valence-electron chi connectivity index (χ0n) is 22.8. The molecular formula is C33H33N5O. The van der Waals surface area contributed by atoms with Crippen molar-refractivity contribution in [3.63, 3.8) is 0 Å². The molecule has 1 atom stereocenters. The summed E-state index contributed by atoms with van der Waals surface area (Å²) in [6.45, 7) is 8.76. The van der Waals surface area contributed by atoms with Crippen LogP contribution in [-0.2, 0) is 13.0 Å². The third-order valence-electron chi connectivity index (χ3n) is 7.80. The second kappa shape index (κ2) is 9.95. The molecular weight excluding hydrogens is 482 g/mol. The predicted molar refractivity (Wildman–Crippen MR) is 156 cm³/mol. The van der Waals surface area contributed by atoms with Gasteiger partial charge in [0.25, 0.3) is 0 Å². The summed E-state index contributed by atoms with van der Waals surface area (Å²) in [6, 6.07) is 28.5. The maximum absolute atomic E-state index is 14.2. The molecule has 1 aliphatic heterocycles. The van der Waals surface area contributed by atoms with E-state index in [0.29, 0.717) is 6.54 Å². The van der Waals surface area contributed by atoms with Crippen LogP contribution in [0.1, 0.15) is 52.2 Å². The first-order chi connectivity index (χ1) is 19.0. The molecule has 1 N–H and O–H groups in total. The van der Waals surface area contributed by atoms with E-state index in [4.69, 9.17) is 5.10 Å². The van der Waals surface area contributed by atoms with E-state index in [1.165, 1.54) is 5.56 Å². The Morgan fingerprint density at radius 1 is 0.923 bits per heavy atom. The Morgan fingerprint density at radius 3 is 2.44 bits per heavy atom. The second-order valence-corrected chi connectivity index (χ2v) is 10.3. The Hall–Kier alpha value is -4.58. The molecule has 6 nitrogen and oxygen atoms in total. The third-order valence-corrected chi connectivity index (χ3v) is 7.80. The number of fused-ring (bicyclic) bond motifs is 3. The van der Waals surface area contributed by atoms with Crippen molar-refractivity contribution in [3.8, 4) is 11.5 Å². The van der Waals surface area contributed by atoms with E-state index in [2.05, 4.69) is 91.4 Å². The Morgan fingerprint density at radius 2 is 1.69 bits per heavy atom. The molecule has 3 aromatic carbocycles. The number of rotatable bonds is 4. The van der Waals surface area contributed by atoms with E-state index >= 15 is 0 Å². The molecule has 1 aliphatic rings. The van der Waals surface area contributed by atoms with Gasteiger partial charge in [-0.3, -0.25) is 0 Å². The van der Waals surface area contributed by atoms with Crippen LogP contribution in [-0.4, -0.2) is 25.3 Å². The average molecular weight is 516 g/mol. The van der Waals surface area contributed by atoms with Gasteiger partial charge in [0, 0.05) is 17.4 Å². The molecule has 196 valence electrons. The standard InChI is InChI=1S/C33H33N5O/c1-5-28-27-21-37(33(39)34-29-14-9-11-23(3)24(29)4)31(25-18-16-22(2)17-19-25)30-15-10-20-36(30)32(27)38(35-28)26-12-7-6-8-13-26/h6-20,31H,5,21H2,1-4H3,(H,34,39)/t31-/m1/s1. The summed E-state index contributed by atoms with van der Waals surface area (Å²) in [7, 11) is 0. The molecule has 0 aliphatic carbocycles. The van der Waals surface area contributed by atoms with Crippen molar-refractivity contribution in [2.45, 2.75) is 46.7 Å². The lowest BCUT2D eigenvalue weighted by molar-refractivity contribution is 0.194. The van der Waals surface area contributed by atoms with Crippen LogP contribution in [0.3, 0.4) is 0 Å². The Bertz CT molecular complexity index is 1650. The van der Waals surface area contributed by atoms with Gasteiger partial charge < -0.3 is 14.8 Å². The van der Waals surface area contributed by atoms with Gasteiger partial charge in [-0.15, -0.1) is 0 Å². The smallest absolute Gasteiger partial charge is 0.308 e. The molecule has 0 spiro atoms. The molecule has 0 saturated heterocycles. The molecule has 0 fully saturated rings. The van der Waals surface area contributed by atoms with Crippen LogP contribution in [0, 0.1) is 20.8 Å². The Balaban J connectivity index is 1.55. The van der Waals surface area contributed by atoms with Gasteiger partial charge in [0.1, 0.15) is 5.82 Å². The number of nitrogens with zero attached hydrogens (tertiary/aromatic N) is 4. The number of nitrogens with one attached hydrogen (secondary N) is 1. The lowest BCUT2D eigenvalue weighted by Crippen LogP contribution is -2.38. The molecule has 6 rings (SSSR count). The minimum absolute atomic E-state index is 0.135. The zero-order chi connectivity index (χ0) is 27.1. The zero-order valence-corrected chi connectivity index (χ0v) is 22.8. The highest BCUT2D eigenvalue weighted by atomic mass is 16.2. The molecule has 3 heterocycles. The van der Waals surface area contributed by atoms with Crippen molar-refractivity contribution < 1.29 is 4.79 Å². The molecule has 5 aromatic rings. The first-order valence-electron chi connectivity index (χ1n) is 13.5. The van der Waals surface area contributed by atoms with Crippen molar-refractivity contribution in [1.82, 2.24) is 19.2 Å². The number of carbonyl (C=O) groups excluding carboxylic acids is 1. The van der Waals surface area contributed by atoms with Crippen LogP contribution in [0.5, 0.6) is 0 Å². The number of anilines is 1. The van der Waals surface area contributed by atoms with Gasteiger partial charge >= 0.3 is 6.03 Å². The minimum Gasteiger partial charge on any atom is -0.308 e.